The number of fused-ring (bicyclic) bond motifs is 1. The molecule has 0 spiro atoms. The van der Waals surface area contributed by atoms with Crippen LogP contribution in [0.1, 0.15) is 29.8 Å². The highest BCUT2D eigenvalue weighted by Crippen LogP contribution is 2.38. The van der Waals surface area contributed by atoms with Crippen LogP contribution in [0.5, 0.6) is 0 Å². The molecule has 0 radical (unpaired) electrons. The Hall–Kier alpha value is -2.63. The second kappa shape index (κ2) is 5.53. The van der Waals surface area contributed by atoms with Crippen LogP contribution in [-0.4, -0.2) is 35.1 Å². The molecule has 2 heterocycles. The summed E-state index contributed by atoms with van der Waals surface area (Å²) in [5.41, 5.74) is 2.08. The van der Waals surface area contributed by atoms with Crippen LogP contribution in [0.4, 0.5) is 11.4 Å². The fourth-order valence-corrected chi connectivity index (χ4v) is 3.06. The normalized spacial score (nSPS) is 17.6. The molecule has 1 aromatic carbocycles. The maximum atomic E-state index is 12.8. The average Bonchev–Trinajstić information content (AvgIpc) is 3.32. The van der Waals surface area contributed by atoms with Crippen LogP contribution >= 0.6 is 0 Å². The third kappa shape index (κ3) is 2.50. The van der Waals surface area contributed by atoms with Crippen LogP contribution < -0.4 is 9.80 Å². The lowest BCUT2D eigenvalue weighted by molar-refractivity contribution is -0.119. The number of aromatic amines is 1. The Morgan fingerprint density at radius 1 is 1.04 bits per heavy atom. The van der Waals surface area contributed by atoms with Crippen molar-refractivity contribution in [2.24, 2.45) is 5.92 Å². The first-order chi connectivity index (χ1) is 11.3. The lowest BCUT2D eigenvalue weighted by Gasteiger charge is -2.25. The highest BCUT2D eigenvalue weighted by molar-refractivity contribution is 6.09. The molecule has 1 aromatic heterocycles. The monoisotopic (exact) mass is 310 g/mol. The van der Waals surface area contributed by atoms with Gasteiger partial charge in [-0.25, -0.2) is 0 Å². The number of carbonyl (C=O) groups is 2. The predicted molar refractivity (Wildman–Crippen MR) is 86.4 cm³/mol. The van der Waals surface area contributed by atoms with Crippen molar-refractivity contribution in [3.63, 3.8) is 0 Å². The quantitative estimate of drug-likeness (QED) is 0.924. The number of rotatable bonds is 2. The zero-order valence-corrected chi connectivity index (χ0v) is 12.7. The number of carbonyl (C=O) groups excluding carboxylic acids is 2. The number of hydrogen-bond acceptors (Lipinski definition) is 3. The summed E-state index contributed by atoms with van der Waals surface area (Å²) in [7, 11) is 0. The van der Waals surface area contributed by atoms with Gasteiger partial charge in [-0.3, -0.25) is 14.7 Å². The van der Waals surface area contributed by atoms with Gasteiger partial charge in [0.2, 0.25) is 5.91 Å². The van der Waals surface area contributed by atoms with E-state index in [0.717, 1.165) is 30.6 Å². The van der Waals surface area contributed by atoms with Crippen molar-refractivity contribution < 1.29 is 9.59 Å². The fraction of sp³-hybridized carbons (Fsp3) is 0.353. The number of nitrogens with one attached hydrogen (secondary N) is 1. The van der Waals surface area contributed by atoms with Crippen LogP contribution in [0.3, 0.4) is 0 Å². The summed E-state index contributed by atoms with van der Waals surface area (Å²) in [4.78, 5) is 28.9. The summed E-state index contributed by atoms with van der Waals surface area (Å²) >= 11 is 0. The van der Waals surface area contributed by atoms with E-state index >= 15 is 0 Å². The van der Waals surface area contributed by atoms with E-state index in [-0.39, 0.29) is 17.7 Å². The van der Waals surface area contributed by atoms with Crippen LogP contribution in [0, 0.1) is 5.92 Å². The Balaban J connectivity index is 1.72. The fourth-order valence-electron chi connectivity index (χ4n) is 3.06. The molecule has 1 saturated carbocycles. The number of anilines is 2. The molecule has 118 valence electrons. The van der Waals surface area contributed by atoms with E-state index < -0.39 is 0 Å². The van der Waals surface area contributed by atoms with Crippen LogP contribution in [0.15, 0.2) is 36.5 Å². The largest absolute Gasteiger partial charge is 0.310 e. The van der Waals surface area contributed by atoms with E-state index in [1.165, 1.54) is 0 Å². The van der Waals surface area contributed by atoms with Gasteiger partial charge in [-0.05, 0) is 37.5 Å². The molecule has 1 N–H and O–H groups in total. The molecule has 4 rings (SSSR count). The number of benzene rings is 1. The van der Waals surface area contributed by atoms with Gasteiger partial charge in [-0.15, -0.1) is 0 Å². The Labute approximate surface area is 134 Å². The van der Waals surface area contributed by atoms with E-state index in [2.05, 4.69) is 10.2 Å². The summed E-state index contributed by atoms with van der Waals surface area (Å²) in [6.07, 6.45) is 4.29. The first kappa shape index (κ1) is 14.0. The van der Waals surface area contributed by atoms with E-state index in [9.17, 15) is 9.59 Å². The van der Waals surface area contributed by atoms with Gasteiger partial charge in [0.1, 0.15) is 5.69 Å². The zero-order valence-electron chi connectivity index (χ0n) is 12.7. The van der Waals surface area contributed by atoms with Gasteiger partial charge in [0, 0.05) is 25.2 Å². The summed E-state index contributed by atoms with van der Waals surface area (Å²) in [5.74, 6) is 0.238. The minimum Gasteiger partial charge on any atom is -0.310 e. The summed E-state index contributed by atoms with van der Waals surface area (Å²) in [5, 5.41) is 6.58. The van der Waals surface area contributed by atoms with Gasteiger partial charge in [0.25, 0.3) is 5.91 Å². The molecular weight excluding hydrogens is 292 g/mol. The Bertz CT molecular complexity index is 737. The zero-order chi connectivity index (χ0) is 15.8. The van der Waals surface area contributed by atoms with Crippen molar-refractivity contribution in [2.45, 2.75) is 19.3 Å². The molecule has 6 heteroatoms. The van der Waals surface area contributed by atoms with Crippen molar-refractivity contribution in [2.75, 3.05) is 22.9 Å². The number of aromatic nitrogens is 2. The van der Waals surface area contributed by atoms with Gasteiger partial charge in [-0.2, -0.15) is 5.10 Å². The highest BCUT2D eigenvalue weighted by Gasteiger charge is 2.36. The summed E-state index contributed by atoms with van der Waals surface area (Å²) in [6, 6.07) is 9.31. The van der Waals surface area contributed by atoms with Crippen molar-refractivity contribution in [3.8, 4) is 0 Å². The molecule has 1 aliphatic carbocycles. The molecule has 6 nitrogen and oxygen atoms in total. The van der Waals surface area contributed by atoms with Gasteiger partial charge in [0.05, 0.1) is 11.4 Å². The van der Waals surface area contributed by atoms with Crippen molar-refractivity contribution in [3.05, 3.63) is 42.2 Å². The third-order valence-electron chi connectivity index (χ3n) is 4.40. The molecule has 0 saturated heterocycles. The van der Waals surface area contributed by atoms with E-state index in [1.54, 1.807) is 17.2 Å². The molecule has 1 fully saturated rings. The maximum absolute atomic E-state index is 12.8. The van der Waals surface area contributed by atoms with Crippen LogP contribution in [0.25, 0.3) is 0 Å². The minimum absolute atomic E-state index is 0.115. The van der Waals surface area contributed by atoms with Crippen molar-refractivity contribution >= 4 is 23.2 Å². The minimum atomic E-state index is -0.115. The SMILES string of the molecule is O=C(c1ccn[nH]1)N1CCCN(C(=O)C2CC2)c2ccccc21. The molecule has 0 bridgehead atoms. The van der Waals surface area contributed by atoms with Crippen molar-refractivity contribution in [1.82, 2.24) is 10.2 Å². The predicted octanol–water partition coefficient (Wildman–Crippen LogP) is 2.20. The molecule has 23 heavy (non-hydrogen) atoms. The second-order valence-electron chi connectivity index (χ2n) is 6.03. The smallest absolute Gasteiger partial charge is 0.276 e. The average molecular weight is 310 g/mol. The Kier molecular flexibility index (Phi) is 3.37. The molecule has 0 atom stereocenters. The third-order valence-corrected chi connectivity index (χ3v) is 4.40. The maximum Gasteiger partial charge on any atom is 0.276 e. The Morgan fingerprint density at radius 3 is 2.39 bits per heavy atom. The van der Waals surface area contributed by atoms with Gasteiger partial charge >= 0.3 is 0 Å². The van der Waals surface area contributed by atoms with E-state index in [0.29, 0.717) is 18.8 Å². The first-order valence-corrected chi connectivity index (χ1v) is 7.97. The van der Waals surface area contributed by atoms with Crippen LogP contribution in [0.2, 0.25) is 0 Å². The lowest BCUT2D eigenvalue weighted by Crippen LogP contribution is -2.32. The highest BCUT2D eigenvalue weighted by atomic mass is 16.2. The number of H-pyrrole nitrogens is 1. The van der Waals surface area contributed by atoms with Crippen molar-refractivity contribution in [1.29, 1.82) is 0 Å². The Morgan fingerprint density at radius 2 is 1.74 bits per heavy atom. The van der Waals surface area contributed by atoms with Crippen LogP contribution in [-0.2, 0) is 4.79 Å². The molecule has 2 aromatic rings. The first-order valence-electron chi connectivity index (χ1n) is 7.97. The second-order valence-corrected chi connectivity index (χ2v) is 6.03. The topological polar surface area (TPSA) is 69.3 Å². The number of nitrogens with zero attached hydrogens (tertiary/aromatic N) is 3. The lowest BCUT2D eigenvalue weighted by atomic mass is 10.2. The molecule has 2 aliphatic rings. The molecule has 0 unspecified atom stereocenters. The van der Waals surface area contributed by atoms with E-state index in [1.807, 2.05) is 29.2 Å². The molecule has 2 amide bonds. The molecular formula is C17H18N4O2. The van der Waals surface area contributed by atoms with Gasteiger partial charge < -0.3 is 9.80 Å². The standard InChI is InChI=1S/C17H18N4O2/c22-16(12-6-7-12)20-10-3-11-21(15-5-2-1-4-14(15)20)17(23)13-8-9-18-19-13/h1-2,4-5,8-9,12H,3,6-7,10-11H2,(H,18,19). The molecule has 1 aliphatic heterocycles. The summed E-state index contributed by atoms with van der Waals surface area (Å²) in [6.45, 7) is 1.24. The van der Waals surface area contributed by atoms with Gasteiger partial charge in [-0.1, -0.05) is 12.1 Å². The van der Waals surface area contributed by atoms with E-state index in [4.69, 9.17) is 0 Å². The number of para-hydroxylation sites is 2. The van der Waals surface area contributed by atoms with Gasteiger partial charge in [0.15, 0.2) is 0 Å². The summed E-state index contributed by atoms with van der Waals surface area (Å²) < 4.78 is 0. The number of amides is 2. The number of hydrogen-bond donors (Lipinski definition) is 1.